The van der Waals surface area contributed by atoms with E-state index >= 15 is 0 Å². The van der Waals surface area contributed by atoms with Crippen molar-refractivity contribution >= 4 is 83.5 Å². The number of ether oxygens (including phenoxy) is 1. The second-order valence-electron chi connectivity index (χ2n) is 23.1. The van der Waals surface area contributed by atoms with Crippen molar-refractivity contribution in [3.05, 3.63) is 315 Å². The van der Waals surface area contributed by atoms with Gasteiger partial charge in [0.25, 0.3) is 6.33 Å². The predicted octanol–water partition coefficient (Wildman–Crippen LogP) is 16.7. The fourth-order valence-electron chi connectivity index (χ4n) is 13.3. The van der Waals surface area contributed by atoms with Crippen molar-refractivity contribution in [1.82, 2.24) is 18.7 Å². The maximum Gasteiger partial charge on any atom is 0.268 e. The molecule has 0 fully saturated rings. The Morgan fingerprint density at radius 2 is 0.967 bits per heavy atom. The molecule has 0 spiro atoms. The molecular weight excluding hydrogens is 1290 g/mol. The van der Waals surface area contributed by atoms with Crippen LogP contribution in [0.3, 0.4) is 0 Å². The minimum atomic E-state index is -5.82. The summed E-state index contributed by atoms with van der Waals surface area (Å²) in [7, 11) is -5.82. The molecule has 12 aromatic carbocycles. The van der Waals surface area contributed by atoms with Crippen molar-refractivity contribution in [2.24, 2.45) is 0 Å². The van der Waals surface area contributed by atoms with Crippen molar-refractivity contribution in [2.75, 3.05) is 0 Å². The molecule has 0 saturated carbocycles. The summed E-state index contributed by atoms with van der Waals surface area (Å²) in [4.78, 5) is 4.89. The average Bonchev–Trinajstić information content (AvgIpc) is 1.63. The molecular formula is C82H57N5OPtSi-2. The third kappa shape index (κ3) is 8.63. The van der Waals surface area contributed by atoms with Gasteiger partial charge in [-0.15, -0.1) is 29.7 Å². The van der Waals surface area contributed by atoms with Crippen LogP contribution in [-0.4, -0.2) is 26.8 Å². The van der Waals surface area contributed by atoms with E-state index in [1.54, 1.807) is 34.9 Å². The summed E-state index contributed by atoms with van der Waals surface area (Å²) in [5, 5.41) is 1.88. The number of hydrogen-bond acceptors (Lipinski definition) is 2. The largest absolute Gasteiger partial charge is 0.510 e. The van der Waals surface area contributed by atoms with E-state index in [0.717, 1.165) is 60.3 Å². The maximum absolute atomic E-state index is 10.1. The van der Waals surface area contributed by atoms with Crippen LogP contribution in [0.25, 0.3) is 111 Å². The fourth-order valence-corrected chi connectivity index (χ4v) is 17.1. The third-order valence-electron chi connectivity index (χ3n) is 17.2. The first-order valence-electron chi connectivity index (χ1n) is 36.7. The van der Waals surface area contributed by atoms with E-state index in [9.17, 15) is 16.4 Å². The molecule has 4 aromatic heterocycles. The number of nitrogens with zero attached hydrogens (tertiary/aromatic N) is 5. The molecule has 1 aliphatic heterocycles. The molecule has 8 heteroatoms. The van der Waals surface area contributed by atoms with E-state index in [-0.39, 0.29) is 42.9 Å². The number of hydrogen-bond donors (Lipinski definition) is 0. The molecule has 432 valence electrons. The molecule has 0 unspecified atom stereocenters. The molecule has 0 bridgehead atoms. The number of aromatic nitrogens is 5. The van der Waals surface area contributed by atoms with Gasteiger partial charge in [0.2, 0.25) is 0 Å². The Morgan fingerprint density at radius 3 is 1.57 bits per heavy atom. The molecule has 0 atom stereocenters. The zero-order valence-corrected chi connectivity index (χ0v) is 51.8. The topological polar surface area (TPSA) is 40.8 Å². The molecule has 0 radical (unpaired) electrons. The molecule has 90 heavy (non-hydrogen) atoms. The number of imidazole rings is 1. The van der Waals surface area contributed by atoms with E-state index in [1.165, 1.54) is 0 Å². The first-order chi connectivity index (χ1) is 50.0. The first kappa shape index (κ1) is 40.9. The van der Waals surface area contributed by atoms with Gasteiger partial charge in [-0.2, -0.15) is 18.2 Å². The van der Waals surface area contributed by atoms with Crippen LogP contribution >= 0.6 is 0 Å². The van der Waals surface area contributed by atoms with Gasteiger partial charge in [0.1, 0.15) is 5.82 Å². The van der Waals surface area contributed by atoms with Crippen LogP contribution in [0.4, 0.5) is 0 Å². The number of rotatable bonds is 9. The van der Waals surface area contributed by atoms with E-state index in [0.29, 0.717) is 56.4 Å². The van der Waals surface area contributed by atoms with Crippen LogP contribution in [-0.2, 0) is 26.5 Å². The first-order valence-corrected chi connectivity index (χ1v) is 31.2. The fraction of sp³-hybridized carbons (Fsp3) is 0.0488. The van der Waals surface area contributed by atoms with Gasteiger partial charge in [-0.05, 0) is 113 Å². The van der Waals surface area contributed by atoms with Crippen molar-refractivity contribution in [3.63, 3.8) is 0 Å². The molecule has 0 amide bonds. The summed E-state index contributed by atoms with van der Waals surface area (Å²) >= 11 is 0. The summed E-state index contributed by atoms with van der Waals surface area (Å²) in [6.07, 6.45) is 5.64. The molecule has 0 saturated heterocycles. The van der Waals surface area contributed by atoms with Crippen molar-refractivity contribution in [1.29, 1.82) is 0 Å². The quantitative estimate of drug-likeness (QED) is 0.0625. The monoisotopic (exact) mass is 1370 g/mol. The van der Waals surface area contributed by atoms with Gasteiger partial charge in [-0.1, -0.05) is 244 Å². The summed E-state index contributed by atoms with van der Waals surface area (Å²) in [5.74, 6) is 1.24. The van der Waals surface area contributed by atoms with Crippen LogP contribution in [0.5, 0.6) is 11.5 Å². The van der Waals surface area contributed by atoms with Crippen molar-refractivity contribution in [2.45, 2.75) is 26.2 Å². The third-order valence-corrected chi connectivity index (χ3v) is 21.4. The summed E-state index contributed by atoms with van der Waals surface area (Å²) < 4.78 is 159. The molecule has 0 N–H and O–H groups in total. The Labute approximate surface area is 559 Å². The van der Waals surface area contributed by atoms with Gasteiger partial charge in [0, 0.05) is 55.1 Å². The van der Waals surface area contributed by atoms with Crippen LogP contribution in [0.1, 0.15) is 46.9 Å². The second-order valence-corrected chi connectivity index (χ2v) is 26.7. The minimum Gasteiger partial charge on any atom is -0.510 e. The second kappa shape index (κ2) is 21.7. The molecule has 16 aromatic rings. The summed E-state index contributed by atoms with van der Waals surface area (Å²) in [5.41, 5.74) is 10.5. The van der Waals surface area contributed by atoms with Gasteiger partial charge in [-0.25, -0.2) is 4.98 Å². The SMILES string of the molecule is [2H]c1c([2H])c([2H])c([Si](c2cc3c4c(c2)n(-c2[c-]c(Oc5[c-]c6c(cc5)c5ccccc5n6-c5cc(C(C)(C)C)ccn5)ccc2)[c-][n+]4-c2c(cccc2-n2c4ccccc4c4ccccc42)-c2ccccc2-c2ccccc2-3)(c2c([2H])c([2H])c([2H])c([2H])c2[2H])c2c([2H])c([2H])c([2H])c([2H])c2[2H])c([2H])c1[2H].[Pt]. The van der Waals surface area contributed by atoms with Gasteiger partial charge in [0.15, 0.2) is 8.07 Å². The zero-order chi connectivity index (χ0) is 72.4. The molecule has 1 aliphatic rings. The Kier molecular flexibility index (Phi) is 9.87. The van der Waals surface area contributed by atoms with Gasteiger partial charge >= 0.3 is 0 Å². The van der Waals surface area contributed by atoms with E-state index in [1.807, 2.05) is 132 Å². The smallest absolute Gasteiger partial charge is 0.268 e. The van der Waals surface area contributed by atoms with Gasteiger partial charge in [-0.3, -0.25) is 4.57 Å². The van der Waals surface area contributed by atoms with Crippen LogP contribution in [0.2, 0.25) is 0 Å². The maximum atomic E-state index is 10.1. The molecule has 6 nitrogen and oxygen atoms in total. The number of pyridine rings is 1. The number of fused-ring (bicyclic) bond motifs is 13. The number of para-hydroxylation sites is 4. The average molecular weight is 1370 g/mol. The molecule has 0 aliphatic carbocycles. The Bertz CT molecular complexity index is 6130. The van der Waals surface area contributed by atoms with Gasteiger partial charge < -0.3 is 18.4 Å². The Balaban J connectivity index is 0.00000847. The number of benzene rings is 12. The Morgan fingerprint density at radius 1 is 0.456 bits per heavy atom. The normalized spacial score (nSPS) is 14.4. The van der Waals surface area contributed by atoms with Gasteiger partial charge in [0.05, 0.1) is 54.0 Å². The van der Waals surface area contributed by atoms with Crippen molar-refractivity contribution in [3.8, 4) is 67.8 Å². The Hall–Kier alpha value is -10.4. The zero-order valence-electron chi connectivity index (χ0n) is 63.5. The minimum absolute atomic E-state index is 0. The van der Waals surface area contributed by atoms with E-state index < -0.39 is 114 Å². The molecule has 17 rings (SSSR count). The summed E-state index contributed by atoms with van der Waals surface area (Å²) in [6.45, 7) is 6.46. The van der Waals surface area contributed by atoms with Crippen molar-refractivity contribution < 1.29 is 50.9 Å². The van der Waals surface area contributed by atoms with Crippen LogP contribution < -0.4 is 30.1 Å². The standard InChI is InChI=1S/C82H57N5OSi.Pt/c1-82(2,3)55-47-48-83-79(49-55)87-75-43-22-19-39-69(75)70-46-45-58(51-77(70)87)88-57-26-23-25-56(50-57)84-54-85-80-71(40-24-44-76(80)86-73-41-20-17-37-67(73)68-38-18-21-42-74(68)86)65-35-15-13-33-63(65)64-34-14-16-36-66(64)72-52-62(53-78(84)81(72)85)89(59-27-7-4-8-28-59,60-29-9-5-10-30-60)61-31-11-6-12-32-61;/h4-49,52-53H,1-3H3;/q-2;/i4D,5D,6D,7D,8D,9D,10D,11D,12D,27D,28D,29D,30D,31D,32D;. The van der Waals surface area contributed by atoms with E-state index in [4.69, 9.17) is 13.8 Å². The molecule has 5 heterocycles. The van der Waals surface area contributed by atoms with E-state index in [2.05, 4.69) is 90.8 Å². The van der Waals surface area contributed by atoms with Crippen LogP contribution in [0.15, 0.2) is 291 Å². The summed E-state index contributed by atoms with van der Waals surface area (Å²) in [6, 6.07) is 56.6. The van der Waals surface area contributed by atoms with Crippen LogP contribution in [0, 0.1) is 18.5 Å². The predicted molar refractivity (Wildman–Crippen MR) is 366 cm³/mol.